The summed E-state index contributed by atoms with van der Waals surface area (Å²) in [5.74, 6) is -0.712. The highest BCUT2D eigenvalue weighted by molar-refractivity contribution is 5.80. The SMILES string of the molecule is CCCCCCCCCCCCCC/C=C\CCCCCCCCC(O)C(=O)NC(COC1OC(CO)C(O)C(O)C1O)C(O)C(O)CCC/C=C/CC/C=C/CCCCCCCCCCCCCCCCCC. The van der Waals surface area contributed by atoms with Gasteiger partial charge in [0.2, 0.25) is 5.91 Å². The quantitative estimate of drug-likeness (QED) is 0.0215. The number of rotatable bonds is 54. The summed E-state index contributed by atoms with van der Waals surface area (Å²) < 4.78 is 11.1. The van der Waals surface area contributed by atoms with E-state index in [-0.39, 0.29) is 12.8 Å². The van der Waals surface area contributed by atoms with E-state index in [0.29, 0.717) is 19.3 Å². The number of ether oxygens (including phenoxy) is 2. The van der Waals surface area contributed by atoms with E-state index in [1.165, 1.54) is 186 Å². The first-order valence-corrected chi connectivity index (χ1v) is 31.4. The molecule has 1 saturated heterocycles. The first-order chi connectivity index (χ1) is 36.2. The van der Waals surface area contributed by atoms with E-state index < -0.39 is 74.2 Å². The van der Waals surface area contributed by atoms with E-state index in [2.05, 4.69) is 55.6 Å². The van der Waals surface area contributed by atoms with Crippen molar-refractivity contribution >= 4 is 5.91 Å². The molecule has 11 nitrogen and oxygen atoms in total. The zero-order valence-corrected chi connectivity index (χ0v) is 47.8. The van der Waals surface area contributed by atoms with E-state index in [1.54, 1.807) is 0 Å². The molecular weight excluding hydrogens is 931 g/mol. The van der Waals surface area contributed by atoms with Gasteiger partial charge >= 0.3 is 0 Å². The number of amides is 1. The third kappa shape index (κ3) is 39.7. The van der Waals surface area contributed by atoms with Gasteiger partial charge in [0, 0.05) is 0 Å². The van der Waals surface area contributed by atoms with Crippen LogP contribution in [0, 0.1) is 0 Å². The van der Waals surface area contributed by atoms with Gasteiger partial charge in [-0.15, -0.1) is 0 Å². The summed E-state index contributed by atoms with van der Waals surface area (Å²) in [7, 11) is 0. The Morgan fingerprint density at radius 2 is 0.811 bits per heavy atom. The maximum atomic E-state index is 13.2. The molecule has 436 valence electrons. The molecule has 0 saturated carbocycles. The molecule has 74 heavy (non-hydrogen) atoms. The summed E-state index contributed by atoms with van der Waals surface area (Å²) in [6, 6.07) is -1.19. The molecule has 1 fully saturated rings. The Morgan fingerprint density at radius 1 is 0.459 bits per heavy atom. The molecular formula is C63H119NO10. The monoisotopic (exact) mass is 1050 g/mol. The fraction of sp³-hybridized carbons (Fsp3) is 0.889. The Balaban J connectivity index is 2.31. The zero-order valence-electron chi connectivity index (χ0n) is 47.8. The number of carbonyl (C=O) groups excluding carboxylic acids is 1. The van der Waals surface area contributed by atoms with Crippen molar-refractivity contribution < 1.29 is 50.0 Å². The number of hydrogen-bond donors (Lipinski definition) is 8. The van der Waals surface area contributed by atoms with Crippen LogP contribution in [0.3, 0.4) is 0 Å². The van der Waals surface area contributed by atoms with Crippen LogP contribution < -0.4 is 5.32 Å². The maximum absolute atomic E-state index is 13.2. The van der Waals surface area contributed by atoms with Crippen molar-refractivity contribution in [2.75, 3.05) is 13.2 Å². The van der Waals surface area contributed by atoms with E-state index in [1.807, 2.05) is 0 Å². The summed E-state index contributed by atoms with van der Waals surface area (Å²) >= 11 is 0. The number of carbonyl (C=O) groups is 1. The fourth-order valence-electron chi connectivity index (χ4n) is 10.0. The first kappa shape index (κ1) is 70.3. The lowest BCUT2D eigenvalue weighted by Gasteiger charge is -2.40. The maximum Gasteiger partial charge on any atom is 0.249 e. The average Bonchev–Trinajstić information content (AvgIpc) is 3.40. The van der Waals surface area contributed by atoms with Gasteiger partial charge < -0.3 is 50.5 Å². The minimum absolute atomic E-state index is 0.244. The van der Waals surface area contributed by atoms with Crippen LogP contribution in [-0.2, 0) is 14.3 Å². The Kier molecular flexibility index (Phi) is 49.5. The molecule has 0 aromatic rings. The zero-order chi connectivity index (χ0) is 54.0. The third-order valence-corrected chi connectivity index (χ3v) is 15.1. The first-order valence-electron chi connectivity index (χ1n) is 31.4. The Hall–Kier alpha value is -1.67. The van der Waals surface area contributed by atoms with E-state index >= 15 is 0 Å². The van der Waals surface area contributed by atoms with Crippen molar-refractivity contribution in [1.82, 2.24) is 5.32 Å². The molecule has 0 spiro atoms. The van der Waals surface area contributed by atoms with Crippen LogP contribution >= 0.6 is 0 Å². The van der Waals surface area contributed by atoms with Gasteiger partial charge in [-0.3, -0.25) is 4.79 Å². The van der Waals surface area contributed by atoms with Crippen molar-refractivity contribution in [3.05, 3.63) is 36.5 Å². The molecule has 0 aromatic heterocycles. The van der Waals surface area contributed by atoms with Gasteiger partial charge in [-0.1, -0.05) is 249 Å². The topological polar surface area (TPSA) is 189 Å². The van der Waals surface area contributed by atoms with Gasteiger partial charge in [0.05, 0.1) is 25.4 Å². The summed E-state index contributed by atoms with van der Waals surface area (Å²) in [6.07, 6.45) is 53.5. The van der Waals surface area contributed by atoms with Crippen LogP contribution in [-0.4, -0.2) is 110 Å². The Morgan fingerprint density at radius 3 is 1.20 bits per heavy atom. The Labute approximate surface area is 454 Å². The smallest absolute Gasteiger partial charge is 0.249 e. The molecule has 0 bridgehead atoms. The van der Waals surface area contributed by atoms with Crippen LogP contribution in [0.5, 0.6) is 0 Å². The molecule has 11 heteroatoms. The number of unbranched alkanes of at least 4 members (excludes halogenated alkanes) is 36. The standard InChI is InChI=1S/C63H119NO10/c1-3-5-7-9-11-13-15-17-19-21-23-25-27-28-29-31-32-34-36-38-40-42-44-46-48-50-55(66)58(68)54(53-73-63-61(71)60(70)59(69)57(52-65)74-63)64-62(72)56(67)51-49-47-45-43-41-39-37-35-33-30-26-24-22-20-18-16-14-12-10-8-6-4-2/h33-36,42,44,54-61,63,65-71H,3-32,37-41,43,45-53H2,1-2H3,(H,64,72)/b35-33-,36-34+,44-42+. The minimum Gasteiger partial charge on any atom is -0.394 e. The van der Waals surface area contributed by atoms with Crippen molar-refractivity contribution in [3.63, 3.8) is 0 Å². The predicted molar refractivity (Wildman–Crippen MR) is 307 cm³/mol. The molecule has 9 unspecified atom stereocenters. The van der Waals surface area contributed by atoms with Crippen molar-refractivity contribution in [2.24, 2.45) is 0 Å². The van der Waals surface area contributed by atoms with Crippen molar-refractivity contribution in [1.29, 1.82) is 0 Å². The molecule has 1 aliphatic heterocycles. The lowest BCUT2D eigenvalue weighted by Crippen LogP contribution is -2.60. The summed E-state index contributed by atoms with van der Waals surface area (Å²) in [5.41, 5.74) is 0. The van der Waals surface area contributed by atoms with Gasteiger partial charge in [0.15, 0.2) is 6.29 Å². The molecule has 0 radical (unpaired) electrons. The van der Waals surface area contributed by atoms with Gasteiger partial charge in [0.1, 0.15) is 36.6 Å². The highest BCUT2D eigenvalue weighted by Crippen LogP contribution is 2.23. The summed E-state index contributed by atoms with van der Waals surface area (Å²) in [5, 5.41) is 76.2. The molecule has 0 aliphatic carbocycles. The van der Waals surface area contributed by atoms with Gasteiger partial charge in [0.25, 0.3) is 0 Å². The number of hydrogen-bond acceptors (Lipinski definition) is 10. The lowest BCUT2D eigenvalue weighted by atomic mass is 9.98. The highest BCUT2D eigenvalue weighted by Gasteiger charge is 2.44. The van der Waals surface area contributed by atoms with Crippen molar-refractivity contribution in [2.45, 2.75) is 345 Å². The third-order valence-electron chi connectivity index (χ3n) is 15.1. The molecule has 0 aromatic carbocycles. The largest absolute Gasteiger partial charge is 0.394 e. The summed E-state index contributed by atoms with van der Waals surface area (Å²) in [6.45, 7) is 3.47. The second-order valence-corrected chi connectivity index (χ2v) is 22.1. The second kappa shape index (κ2) is 52.1. The van der Waals surface area contributed by atoms with Crippen LogP contribution in [0.4, 0.5) is 0 Å². The Bertz CT molecular complexity index is 1300. The molecule has 8 N–H and O–H groups in total. The van der Waals surface area contributed by atoms with Crippen LogP contribution in [0.15, 0.2) is 36.5 Å². The van der Waals surface area contributed by atoms with Gasteiger partial charge in [-0.2, -0.15) is 0 Å². The fourth-order valence-corrected chi connectivity index (χ4v) is 10.0. The predicted octanol–water partition coefficient (Wildman–Crippen LogP) is 13.9. The molecule has 1 heterocycles. The molecule has 1 amide bonds. The van der Waals surface area contributed by atoms with Crippen LogP contribution in [0.1, 0.15) is 290 Å². The average molecular weight is 1050 g/mol. The highest BCUT2D eigenvalue weighted by atomic mass is 16.7. The van der Waals surface area contributed by atoms with Crippen LogP contribution in [0.25, 0.3) is 0 Å². The van der Waals surface area contributed by atoms with E-state index in [9.17, 15) is 40.5 Å². The number of aliphatic hydroxyl groups is 7. The summed E-state index contributed by atoms with van der Waals surface area (Å²) in [4.78, 5) is 13.2. The minimum atomic E-state index is -1.67. The number of aliphatic hydroxyl groups excluding tert-OH is 7. The van der Waals surface area contributed by atoms with Crippen LogP contribution in [0.2, 0.25) is 0 Å². The number of nitrogens with one attached hydrogen (secondary N) is 1. The van der Waals surface area contributed by atoms with Gasteiger partial charge in [-0.25, -0.2) is 0 Å². The van der Waals surface area contributed by atoms with Gasteiger partial charge in [-0.05, 0) is 77.0 Å². The number of allylic oxidation sites excluding steroid dienone is 6. The molecule has 1 rings (SSSR count). The second-order valence-electron chi connectivity index (χ2n) is 22.1. The molecule has 9 atom stereocenters. The molecule has 1 aliphatic rings. The lowest BCUT2D eigenvalue weighted by molar-refractivity contribution is -0.303. The van der Waals surface area contributed by atoms with E-state index in [4.69, 9.17) is 9.47 Å². The van der Waals surface area contributed by atoms with Crippen molar-refractivity contribution in [3.8, 4) is 0 Å². The normalized spacial score (nSPS) is 20.0. The van der Waals surface area contributed by atoms with E-state index in [0.717, 1.165) is 57.8 Å².